The summed E-state index contributed by atoms with van der Waals surface area (Å²) < 4.78 is 21.7. The number of hydrogen-bond acceptors (Lipinski definition) is 8. The number of pyridine rings is 1. The van der Waals surface area contributed by atoms with Crippen LogP contribution in [0.1, 0.15) is 57.9 Å². The van der Waals surface area contributed by atoms with Gasteiger partial charge in [-0.1, -0.05) is 13.8 Å². The fourth-order valence-corrected chi connectivity index (χ4v) is 3.00. The fourth-order valence-electron chi connectivity index (χ4n) is 3.00. The van der Waals surface area contributed by atoms with Gasteiger partial charge < -0.3 is 24.3 Å². The zero-order valence-corrected chi connectivity index (χ0v) is 19.0. The summed E-state index contributed by atoms with van der Waals surface area (Å²) in [4.78, 5) is 40.7. The van der Waals surface area contributed by atoms with Crippen LogP contribution >= 0.6 is 0 Å². The lowest BCUT2D eigenvalue weighted by Gasteiger charge is -2.28. The third-order valence-corrected chi connectivity index (χ3v) is 4.91. The number of nitrogens with zero attached hydrogens (tertiary/aromatic N) is 1. The van der Waals surface area contributed by atoms with E-state index in [0.29, 0.717) is 12.5 Å². The number of nitrogens with one attached hydrogen (secondary N) is 1. The van der Waals surface area contributed by atoms with E-state index in [1.165, 1.54) is 46.1 Å². The number of ether oxygens (including phenoxy) is 4. The molecule has 2 rings (SSSR count). The van der Waals surface area contributed by atoms with Crippen LogP contribution in [0.15, 0.2) is 12.3 Å². The van der Waals surface area contributed by atoms with Gasteiger partial charge in [0.05, 0.1) is 13.2 Å². The zero-order valence-electron chi connectivity index (χ0n) is 19.0. The molecule has 9 nitrogen and oxygen atoms in total. The van der Waals surface area contributed by atoms with Gasteiger partial charge in [-0.2, -0.15) is 0 Å². The molecule has 1 N–H and O–H groups in total. The van der Waals surface area contributed by atoms with Crippen LogP contribution in [0.25, 0.3) is 0 Å². The van der Waals surface area contributed by atoms with Crippen molar-refractivity contribution in [2.45, 2.75) is 65.7 Å². The number of amides is 1. The molecule has 0 aliphatic heterocycles. The lowest BCUT2D eigenvalue weighted by Crippen LogP contribution is -2.44. The molecule has 31 heavy (non-hydrogen) atoms. The van der Waals surface area contributed by atoms with E-state index >= 15 is 0 Å². The highest BCUT2D eigenvalue weighted by molar-refractivity contribution is 5.98. The van der Waals surface area contributed by atoms with Gasteiger partial charge in [0.2, 0.25) is 5.75 Å². The van der Waals surface area contributed by atoms with E-state index in [1.807, 2.05) is 20.8 Å². The lowest BCUT2D eigenvalue weighted by atomic mass is 10.0. The summed E-state index contributed by atoms with van der Waals surface area (Å²) in [5.74, 6) is -1.22. The number of esters is 2. The second-order valence-corrected chi connectivity index (χ2v) is 8.11. The summed E-state index contributed by atoms with van der Waals surface area (Å²) >= 11 is 0. The minimum absolute atomic E-state index is 0.0386. The molecule has 0 radical (unpaired) electrons. The van der Waals surface area contributed by atoms with Gasteiger partial charge in [0.1, 0.15) is 12.1 Å². The maximum absolute atomic E-state index is 12.7. The largest absolute Gasteiger partial charge is 0.493 e. The highest BCUT2D eigenvalue weighted by Gasteiger charge is 2.31. The molecule has 1 fully saturated rings. The molecule has 0 spiro atoms. The van der Waals surface area contributed by atoms with Gasteiger partial charge in [0.25, 0.3) is 5.91 Å². The normalized spacial score (nSPS) is 16.2. The predicted molar refractivity (Wildman–Crippen MR) is 112 cm³/mol. The molecular formula is C22H32N2O7. The Hall–Kier alpha value is -2.68. The van der Waals surface area contributed by atoms with Crippen molar-refractivity contribution in [3.05, 3.63) is 18.0 Å². The Kier molecular flexibility index (Phi) is 8.79. The molecule has 1 amide bonds. The first-order valence-electron chi connectivity index (χ1n) is 10.5. The van der Waals surface area contributed by atoms with Crippen molar-refractivity contribution < 1.29 is 33.3 Å². The summed E-state index contributed by atoms with van der Waals surface area (Å²) in [6.45, 7) is 9.16. The van der Waals surface area contributed by atoms with Gasteiger partial charge in [-0.25, -0.2) is 9.78 Å². The Labute approximate surface area is 182 Å². The Morgan fingerprint density at radius 1 is 1.19 bits per heavy atom. The van der Waals surface area contributed by atoms with Gasteiger partial charge in [-0.05, 0) is 38.5 Å². The Bertz CT molecular complexity index is 792. The first-order chi connectivity index (χ1) is 14.6. The second-order valence-electron chi connectivity index (χ2n) is 8.11. The van der Waals surface area contributed by atoms with Gasteiger partial charge in [0, 0.05) is 25.8 Å². The number of methoxy groups -OCH3 is 1. The molecule has 1 aromatic heterocycles. The van der Waals surface area contributed by atoms with Crippen LogP contribution in [0.4, 0.5) is 0 Å². The van der Waals surface area contributed by atoms with Crippen LogP contribution in [0.3, 0.4) is 0 Å². The summed E-state index contributed by atoms with van der Waals surface area (Å²) in [5.41, 5.74) is -0.171. The summed E-state index contributed by atoms with van der Waals surface area (Å²) in [6.07, 6.45) is 2.99. The standard InChI is InChI=1S/C22H32N2O7/c1-12(2)19(14(4)29-11-16-7-8-16)31-22(27)13(3)24-21(26)18-20(30-15(5)25)17(28-6)9-10-23-18/h9-10,12-14,16,19H,7-8,11H2,1-6H3,(H,24,26)/t13-,14-,19+/m0/s1. The first-order valence-corrected chi connectivity index (χ1v) is 10.5. The van der Waals surface area contributed by atoms with Gasteiger partial charge >= 0.3 is 11.9 Å². The number of carbonyl (C=O) groups excluding carboxylic acids is 3. The zero-order chi connectivity index (χ0) is 23.1. The van der Waals surface area contributed by atoms with Crippen LogP contribution in [0.2, 0.25) is 0 Å². The van der Waals surface area contributed by atoms with Gasteiger partial charge in [-0.15, -0.1) is 0 Å². The SMILES string of the molecule is COc1ccnc(C(=O)N[C@@H](C)C(=O)O[C@H](C(C)C)[C@H](C)OCC2CC2)c1OC(C)=O. The molecule has 0 saturated heterocycles. The van der Waals surface area contributed by atoms with E-state index in [4.69, 9.17) is 18.9 Å². The van der Waals surface area contributed by atoms with E-state index < -0.39 is 30.0 Å². The summed E-state index contributed by atoms with van der Waals surface area (Å²) in [6, 6.07) is 0.505. The predicted octanol–water partition coefficient (Wildman–Crippen LogP) is 2.52. The van der Waals surface area contributed by atoms with Crippen molar-refractivity contribution in [2.75, 3.05) is 13.7 Å². The molecule has 3 atom stereocenters. The van der Waals surface area contributed by atoms with Crippen molar-refractivity contribution in [1.29, 1.82) is 0 Å². The smallest absolute Gasteiger partial charge is 0.328 e. The third kappa shape index (κ3) is 7.20. The molecule has 1 aliphatic rings. The number of aromatic nitrogens is 1. The quantitative estimate of drug-likeness (QED) is 0.527. The van der Waals surface area contributed by atoms with Crippen molar-refractivity contribution in [3.63, 3.8) is 0 Å². The molecule has 1 aromatic rings. The van der Waals surface area contributed by atoms with Crippen LogP contribution in [-0.4, -0.2) is 54.8 Å². The van der Waals surface area contributed by atoms with Gasteiger partial charge in [0.15, 0.2) is 11.4 Å². The summed E-state index contributed by atoms with van der Waals surface area (Å²) in [5, 5.41) is 2.54. The van der Waals surface area contributed by atoms with E-state index in [2.05, 4.69) is 10.3 Å². The highest BCUT2D eigenvalue weighted by atomic mass is 16.6. The topological polar surface area (TPSA) is 113 Å². The average molecular weight is 437 g/mol. The highest BCUT2D eigenvalue weighted by Crippen LogP contribution is 2.30. The molecular weight excluding hydrogens is 404 g/mol. The van der Waals surface area contributed by atoms with Crippen molar-refractivity contribution in [1.82, 2.24) is 10.3 Å². The van der Waals surface area contributed by atoms with Gasteiger partial charge in [-0.3, -0.25) is 9.59 Å². The maximum atomic E-state index is 12.7. The van der Waals surface area contributed by atoms with Crippen LogP contribution in [0, 0.1) is 11.8 Å². The lowest BCUT2D eigenvalue weighted by molar-refractivity contribution is -0.163. The monoisotopic (exact) mass is 436 g/mol. The number of carbonyl (C=O) groups is 3. The Morgan fingerprint density at radius 3 is 2.42 bits per heavy atom. The molecule has 0 unspecified atom stereocenters. The Balaban J connectivity index is 2.04. The Morgan fingerprint density at radius 2 is 1.87 bits per heavy atom. The van der Waals surface area contributed by atoms with E-state index in [-0.39, 0.29) is 29.2 Å². The minimum Gasteiger partial charge on any atom is -0.493 e. The second kappa shape index (κ2) is 11.1. The first kappa shape index (κ1) is 24.6. The molecule has 9 heteroatoms. The van der Waals surface area contributed by atoms with Crippen LogP contribution < -0.4 is 14.8 Å². The third-order valence-electron chi connectivity index (χ3n) is 4.91. The van der Waals surface area contributed by atoms with E-state index in [9.17, 15) is 14.4 Å². The fraction of sp³-hybridized carbons (Fsp3) is 0.636. The van der Waals surface area contributed by atoms with Crippen molar-refractivity contribution in [2.24, 2.45) is 11.8 Å². The number of hydrogen-bond donors (Lipinski definition) is 1. The average Bonchev–Trinajstić information content (AvgIpc) is 3.53. The molecule has 172 valence electrons. The molecule has 0 bridgehead atoms. The van der Waals surface area contributed by atoms with Crippen LogP contribution in [0.5, 0.6) is 11.5 Å². The van der Waals surface area contributed by atoms with Crippen molar-refractivity contribution in [3.8, 4) is 11.5 Å². The maximum Gasteiger partial charge on any atom is 0.328 e. The van der Waals surface area contributed by atoms with Crippen LogP contribution in [-0.2, 0) is 19.1 Å². The minimum atomic E-state index is -0.956. The summed E-state index contributed by atoms with van der Waals surface area (Å²) in [7, 11) is 1.38. The molecule has 1 saturated carbocycles. The van der Waals surface area contributed by atoms with Crippen molar-refractivity contribution >= 4 is 17.8 Å². The molecule has 1 aliphatic carbocycles. The molecule has 0 aromatic carbocycles. The van der Waals surface area contributed by atoms with E-state index in [0.717, 1.165) is 0 Å². The molecule has 1 heterocycles. The number of rotatable bonds is 11. The van der Waals surface area contributed by atoms with E-state index in [1.54, 1.807) is 0 Å².